The first kappa shape index (κ1) is 29.4. The van der Waals surface area contributed by atoms with Gasteiger partial charge in [-0.15, -0.1) is 0 Å². The van der Waals surface area contributed by atoms with Crippen molar-refractivity contribution in [2.75, 3.05) is 17.2 Å². The Hall–Kier alpha value is -3.58. The first-order valence-corrected chi connectivity index (χ1v) is 14.1. The van der Waals surface area contributed by atoms with E-state index in [1.54, 1.807) is 0 Å². The largest absolute Gasteiger partial charge is 0.324 e. The van der Waals surface area contributed by atoms with Crippen molar-refractivity contribution >= 4 is 23.2 Å². The van der Waals surface area contributed by atoms with Gasteiger partial charge in [-0.25, -0.2) is 8.78 Å². The smallest absolute Gasteiger partial charge is 0.242 e. The van der Waals surface area contributed by atoms with Crippen molar-refractivity contribution < 1.29 is 18.4 Å². The lowest BCUT2D eigenvalue weighted by Crippen LogP contribution is -2.55. The quantitative estimate of drug-likeness (QED) is 0.250. The Morgan fingerprint density at radius 3 is 2.02 bits per heavy atom. The summed E-state index contributed by atoms with van der Waals surface area (Å²) in [6.45, 7) is 8.25. The molecule has 0 aliphatic heterocycles. The number of benzene rings is 3. The number of nitrogens with one attached hydrogen (secondary N) is 3. The van der Waals surface area contributed by atoms with E-state index in [9.17, 15) is 18.4 Å². The summed E-state index contributed by atoms with van der Waals surface area (Å²) in [5.74, 6) is -1.87. The fourth-order valence-corrected chi connectivity index (χ4v) is 5.93. The van der Waals surface area contributed by atoms with E-state index in [4.69, 9.17) is 0 Å². The van der Waals surface area contributed by atoms with Crippen molar-refractivity contribution in [3.8, 4) is 0 Å². The second-order valence-corrected chi connectivity index (χ2v) is 11.3. The number of amides is 2. The van der Waals surface area contributed by atoms with Crippen molar-refractivity contribution in [2.45, 2.75) is 76.7 Å². The number of carbonyl (C=O) groups excluding carboxylic acids is 2. The molecule has 1 atom stereocenters. The minimum Gasteiger partial charge on any atom is -0.324 e. The van der Waals surface area contributed by atoms with Gasteiger partial charge in [0.1, 0.15) is 11.6 Å². The van der Waals surface area contributed by atoms with Gasteiger partial charge in [-0.1, -0.05) is 89.1 Å². The zero-order chi connectivity index (χ0) is 28.9. The molecule has 2 amide bonds. The van der Waals surface area contributed by atoms with Crippen LogP contribution in [0.1, 0.15) is 81.9 Å². The molecule has 1 aliphatic rings. The standard InChI is InChI=1S/C33H39F2N3O2/c1-21(2)25-13-10-14-26(22(3)4)30(25)38-29(39)20-36-31(32(40)37-28-16-15-24(34)19-27(28)35)33(17-8-9-18-33)23-11-6-5-7-12-23/h5-7,10-16,19,21-22,31,36H,8-9,17-18,20H2,1-4H3,(H,37,40)(H,38,39). The van der Waals surface area contributed by atoms with Crippen LogP contribution in [0.2, 0.25) is 0 Å². The van der Waals surface area contributed by atoms with Crippen LogP contribution >= 0.6 is 0 Å². The first-order valence-electron chi connectivity index (χ1n) is 14.1. The van der Waals surface area contributed by atoms with Crippen molar-refractivity contribution in [1.82, 2.24) is 5.32 Å². The molecule has 1 aliphatic carbocycles. The van der Waals surface area contributed by atoms with E-state index in [0.29, 0.717) is 0 Å². The zero-order valence-corrected chi connectivity index (χ0v) is 23.7. The van der Waals surface area contributed by atoms with Crippen LogP contribution in [0.4, 0.5) is 20.2 Å². The van der Waals surface area contributed by atoms with Crippen LogP contribution in [-0.4, -0.2) is 24.4 Å². The zero-order valence-electron chi connectivity index (χ0n) is 23.7. The number of anilines is 2. The Morgan fingerprint density at radius 2 is 1.45 bits per heavy atom. The molecule has 0 bridgehead atoms. The fraction of sp³-hybridized carbons (Fsp3) is 0.394. The molecule has 212 valence electrons. The van der Waals surface area contributed by atoms with Crippen LogP contribution in [0.25, 0.3) is 0 Å². The van der Waals surface area contributed by atoms with Crippen LogP contribution in [-0.2, 0) is 15.0 Å². The fourth-order valence-electron chi connectivity index (χ4n) is 5.93. The Kier molecular flexibility index (Phi) is 9.36. The van der Waals surface area contributed by atoms with Gasteiger partial charge < -0.3 is 10.6 Å². The van der Waals surface area contributed by atoms with Gasteiger partial charge in [-0.2, -0.15) is 0 Å². The third kappa shape index (κ3) is 6.41. The summed E-state index contributed by atoms with van der Waals surface area (Å²) in [6, 6.07) is 18.1. The van der Waals surface area contributed by atoms with E-state index in [-0.39, 0.29) is 30.0 Å². The summed E-state index contributed by atoms with van der Waals surface area (Å²) < 4.78 is 28.0. The van der Waals surface area contributed by atoms with Crippen molar-refractivity contribution in [1.29, 1.82) is 0 Å². The lowest BCUT2D eigenvalue weighted by Gasteiger charge is -2.38. The van der Waals surface area contributed by atoms with Crippen LogP contribution in [0.15, 0.2) is 66.7 Å². The minimum atomic E-state index is -0.850. The molecule has 0 aromatic heterocycles. The Balaban J connectivity index is 1.63. The summed E-state index contributed by atoms with van der Waals surface area (Å²) in [6.07, 6.45) is 3.33. The number of rotatable bonds is 10. The number of carbonyl (C=O) groups is 2. The lowest BCUT2D eigenvalue weighted by atomic mass is 9.72. The Labute approximate surface area is 235 Å². The average Bonchev–Trinajstić information content (AvgIpc) is 3.41. The lowest BCUT2D eigenvalue weighted by molar-refractivity contribution is -0.120. The van der Waals surface area contributed by atoms with E-state index in [2.05, 4.69) is 43.6 Å². The summed E-state index contributed by atoms with van der Waals surface area (Å²) in [4.78, 5) is 27.2. The van der Waals surface area contributed by atoms with E-state index < -0.39 is 29.0 Å². The van der Waals surface area contributed by atoms with Crippen LogP contribution < -0.4 is 16.0 Å². The van der Waals surface area contributed by atoms with Gasteiger partial charge in [0, 0.05) is 17.2 Å². The molecule has 4 rings (SSSR count). The molecule has 7 heteroatoms. The highest BCUT2D eigenvalue weighted by atomic mass is 19.1. The predicted molar refractivity (Wildman–Crippen MR) is 157 cm³/mol. The van der Waals surface area contributed by atoms with E-state index in [1.165, 1.54) is 6.07 Å². The number of halogens is 2. The summed E-state index contributed by atoms with van der Waals surface area (Å²) >= 11 is 0. The van der Waals surface area contributed by atoms with Crippen LogP contribution in [0.5, 0.6) is 0 Å². The molecule has 40 heavy (non-hydrogen) atoms. The molecular formula is C33H39F2N3O2. The molecule has 0 radical (unpaired) electrons. The van der Waals surface area contributed by atoms with Gasteiger partial charge in [-0.3, -0.25) is 14.9 Å². The van der Waals surface area contributed by atoms with Crippen molar-refractivity contribution in [2.24, 2.45) is 0 Å². The Bertz CT molecular complexity index is 1310. The maximum absolute atomic E-state index is 14.5. The molecule has 3 N–H and O–H groups in total. The van der Waals surface area contributed by atoms with Gasteiger partial charge in [0.2, 0.25) is 11.8 Å². The topological polar surface area (TPSA) is 70.2 Å². The van der Waals surface area contributed by atoms with Gasteiger partial charge in [-0.05, 0) is 53.5 Å². The molecule has 5 nitrogen and oxygen atoms in total. The SMILES string of the molecule is CC(C)c1cccc(C(C)C)c1NC(=O)CNC(C(=O)Nc1ccc(F)cc1F)C1(c2ccccc2)CCCC1. The number of hydrogen-bond donors (Lipinski definition) is 3. The second kappa shape index (κ2) is 12.7. The monoisotopic (exact) mass is 547 g/mol. The highest BCUT2D eigenvalue weighted by molar-refractivity contribution is 5.98. The minimum absolute atomic E-state index is 0.101. The normalized spacial score (nSPS) is 15.3. The van der Waals surface area contributed by atoms with Gasteiger partial charge in [0.05, 0.1) is 18.3 Å². The Morgan fingerprint density at radius 1 is 0.825 bits per heavy atom. The highest BCUT2D eigenvalue weighted by Gasteiger charge is 2.46. The summed E-state index contributed by atoms with van der Waals surface area (Å²) in [7, 11) is 0. The maximum atomic E-state index is 14.5. The molecule has 1 saturated carbocycles. The van der Waals surface area contributed by atoms with E-state index in [1.807, 2.05) is 48.5 Å². The molecular weight excluding hydrogens is 508 g/mol. The molecule has 0 saturated heterocycles. The molecule has 1 fully saturated rings. The third-order valence-corrected chi connectivity index (χ3v) is 7.95. The molecule has 0 spiro atoms. The highest BCUT2D eigenvalue weighted by Crippen LogP contribution is 2.44. The van der Waals surface area contributed by atoms with Crippen molar-refractivity contribution in [3.05, 3.63) is 95.1 Å². The molecule has 3 aromatic rings. The molecule has 1 unspecified atom stereocenters. The van der Waals surface area contributed by atoms with Gasteiger partial charge >= 0.3 is 0 Å². The summed E-state index contributed by atoms with van der Waals surface area (Å²) in [5, 5.41) is 9.01. The number of para-hydroxylation sites is 1. The average molecular weight is 548 g/mol. The van der Waals surface area contributed by atoms with Gasteiger partial charge in [0.25, 0.3) is 0 Å². The predicted octanol–water partition coefficient (Wildman–Crippen LogP) is 7.26. The molecule has 0 heterocycles. The van der Waals surface area contributed by atoms with Crippen LogP contribution in [0, 0.1) is 11.6 Å². The third-order valence-electron chi connectivity index (χ3n) is 7.95. The number of hydrogen-bond acceptors (Lipinski definition) is 3. The summed E-state index contributed by atoms with van der Waals surface area (Å²) in [5.41, 5.74) is 3.23. The van der Waals surface area contributed by atoms with Gasteiger partial charge in [0.15, 0.2) is 0 Å². The van der Waals surface area contributed by atoms with E-state index >= 15 is 0 Å². The first-order chi connectivity index (χ1) is 19.1. The molecule has 3 aromatic carbocycles. The second-order valence-electron chi connectivity index (χ2n) is 11.3. The van der Waals surface area contributed by atoms with Crippen LogP contribution in [0.3, 0.4) is 0 Å². The van der Waals surface area contributed by atoms with Crippen molar-refractivity contribution in [3.63, 3.8) is 0 Å². The van der Waals surface area contributed by atoms with E-state index in [0.717, 1.165) is 60.2 Å². The maximum Gasteiger partial charge on any atom is 0.242 e.